The van der Waals surface area contributed by atoms with Gasteiger partial charge in [0.25, 0.3) is 5.91 Å². The highest BCUT2D eigenvalue weighted by Crippen LogP contribution is 2.35. The fourth-order valence-electron chi connectivity index (χ4n) is 5.38. The Kier molecular flexibility index (Phi) is 9.41. The van der Waals surface area contributed by atoms with E-state index in [2.05, 4.69) is 15.6 Å². The summed E-state index contributed by atoms with van der Waals surface area (Å²) in [5.74, 6) is -4.76. The standard InChI is InChI=1S/C32H25ClF5N5O3/c1-46-31(45)26(12-18-5-7-22(29-20(18)3-2-8-41-29)21-6-4-17(15-39)11-23(21)33)42-30(44)28-24(34)13-19(14-25(28)35)43-10-9-40-27(16-43)32(36,37)38/h2-8,11,13-14,26-27,40H,9-10,12,16H2,1H3,(H,42,44)/t26-,27+/m0/s1. The van der Waals surface area contributed by atoms with Gasteiger partial charge in [0.15, 0.2) is 0 Å². The Hall–Kier alpha value is -4.80. The summed E-state index contributed by atoms with van der Waals surface area (Å²) in [6.07, 6.45) is -3.15. The molecule has 0 aliphatic carbocycles. The molecule has 1 saturated heterocycles. The first kappa shape index (κ1) is 32.6. The number of esters is 1. The number of carbonyl (C=O) groups excluding carboxylic acids is 2. The zero-order valence-corrected chi connectivity index (χ0v) is 24.8. The summed E-state index contributed by atoms with van der Waals surface area (Å²) < 4.78 is 74.9. The largest absolute Gasteiger partial charge is 0.467 e. The molecule has 3 aromatic carbocycles. The average molecular weight is 658 g/mol. The summed E-state index contributed by atoms with van der Waals surface area (Å²) in [5, 5.41) is 14.8. The number of fused-ring (bicyclic) bond motifs is 1. The number of methoxy groups -OCH3 is 1. The zero-order chi connectivity index (χ0) is 33.2. The number of ether oxygens (including phenoxy) is 1. The van der Waals surface area contributed by atoms with Gasteiger partial charge in [-0.2, -0.15) is 18.4 Å². The maximum Gasteiger partial charge on any atom is 0.405 e. The molecule has 238 valence electrons. The van der Waals surface area contributed by atoms with Crippen LogP contribution in [0.15, 0.2) is 60.8 Å². The van der Waals surface area contributed by atoms with Crippen molar-refractivity contribution in [2.24, 2.45) is 0 Å². The molecule has 4 aromatic rings. The molecule has 0 spiro atoms. The smallest absolute Gasteiger partial charge is 0.405 e. The minimum atomic E-state index is -4.56. The summed E-state index contributed by atoms with van der Waals surface area (Å²) in [5.41, 5.74) is 1.52. The minimum absolute atomic E-state index is 0.0560. The van der Waals surface area contributed by atoms with E-state index in [9.17, 15) is 28.0 Å². The normalized spacial score (nSPS) is 15.7. The van der Waals surface area contributed by atoms with Crippen molar-refractivity contribution in [2.75, 3.05) is 31.6 Å². The van der Waals surface area contributed by atoms with E-state index in [0.29, 0.717) is 38.2 Å². The van der Waals surface area contributed by atoms with Gasteiger partial charge in [-0.1, -0.05) is 35.9 Å². The van der Waals surface area contributed by atoms with Crippen molar-refractivity contribution < 1.29 is 36.3 Å². The Labute approximate surface area is 264 Å². The van der Waals surface area contributed by atoms with Crippen LogP contribution in [0.2, 0.25) is 5.02 Å². The van der Waals surface area contributed by atoms with Crippen molar-refractivity contribution >= 4 is 40.1 Å². The van der Waals surface area contributed by atoms with E-state index in [4.69, 9.17) is 16.3 Å². The molecule has 46 heavy (non-hydrogen) atoms. The molecule has 1 aliphatic rings. The van der Waals surface area contributed by atoms with Crippen molar-refractivity contribution in [2.45, 2.75) is 24.7 Å². The molecule has 2 N–H and O–H groups in total. The van der Waals surface area contributed by atoms with Crippen LogP contribution in [-0.4, -0.2) is 61.9 Å². The third-order valence-electron chi connectivity index (χ3n) is 7.65. The molecule has 1 aliphatic heterocycles. The number of amides is 1. The topological polar surface area (TPSA) is 107 Å². The van der Waals surface area contributed by atoms with Gasteiger partial charge in [0.2, 0.25) is 0 Å². The number of hydrogen-bond donors (Lipinski definition) is 2. The van der Waals surface area contributed by atoms with Crippen LogP contribution in [0.4, 0.5) is 27.6 Å². The molecule has 1 aromatic heterocycles. The third-order valence-corrected chi connectivity index (χ3v) is 7.97. The van der Waals surface area contributed by atoms with Crippen LogP contribution in [0.1, 0.15) is 21.5 Å². The van der Waals surface area contributed by atoms with Crippen LogP contribution in [0.3, 0.4) is 0 Å². The van der Waals surface area contributed by atoms with E-state index in [1.165, 1.54) is 11.0 Å². The third kappa shape index (κ3) is 6.73. The summed E-state index contributed by atoms with van der Waals surface area (Å²) >= 11 is 6.45. The molecule has 8 nitrogen and oxygen atoms in total. The van der Waals surface area contributed by atoms with Crippen LogP contribution in [0.5, 0.6) is 0 Å². The van der Waals surface area contributed by atoms with Gasteiger partial charge in [-0.15, -0.1) is 0 Å². The number of rotatable bonds is 7. The van der Waals surface area contributed by atoms with Gasteiger partial charge in [-0.25, -0.2) is 13.6 Å². The Morgan fingerprint density at radius 2 is 1.87 bits per heavy atom. The van der Waals surface area contributed by atoms with Crippen molar-refractivity contribution in [3.63, 3.8) is 0 Å². The number of nitriles is 1. The highest BCUT2D eigenvalue weighted by molar-refractivity contribution is 6.33. The number of nitrogens with zero attached hydrogens (tertiary/aromatic N) is 3. The lowest BCUT2D eigenvalue weighted by Gasteiger charge is -2.36. The first-order valence-corrected chi connectivity index (χ1v) is 14.3. The van der Waals surface area contributed by atoms with Crippen LogP contribution in [0.25, 0.3) is 22.0 Å². The highest BCUT2D eigenvalue weighted by atomic mass is 35.5. The Morgan fingerprint density at radius 3 is 2.52 bits per heavy atom. The Bertz CT molecular complexity index is 1840. The van der Waals surface area contributed by atoms with E-state index in [-0.39, 0.29) is 25.2 Å². The maximum absolute atomic E-state index is 15.2. The molecule has 0 saturated carbocycles. The molecule has 0 bridgehead atoms. The monoisotopic (exact) mass is 657 g/mol. The van der Waals surface area contributed by atoms with Gasteiger partial charge >= 0.3 is 12.1 Å². The van der Waals surface area contributed by atoms with E-state index in [1.807, 2.05) is 6.07 Å². The fourth-order valence-corrected chi connectivity index (χ4v) is 5.66. The quantitative estimate of drug-likeness (QED) is 0.198. The van der Waals surface area contributed by atoms with Gasteiger partial charge in [0.05, 0.1) is 24.3 Å². The van der Waals surface area contributed by atoms with Gasteiger partial charge in [0.1, 0.15) is 29.3 Å². The molecule has 5 rings (SSSR count). The van der Waals surface area contributed by atoms with Crippen molar-refractivity contribution in [1.29, 1.82) is 5.26 Å². The van der Waals surface area contributed by atoms with Crippen LogP contribution < -0.4 is 15.5 Å². The van der Waals surface area contributed by atoms with Crippen LogP contribution >= 0.6 is 11.6 Å². The second-order valence-corrected chi connectivity index (χ2v) is 10.9. The SMILES string of the molecule is COC(=O)[C@H](Cc1ccc(-c2ccc(C#N)cc2Cl)c2ncccc12)NC(=O)c1c(F)cc(N2CCN[C@@H](C(F)(F)F)C2)cc1F. The molecular formula is C32H25ClF5N5O3. The van der Waals surface area contributed by atoms with Crippen molar-refractivity contribution in [1.82, 2.24) is 15.6 Å². The van der Waals surface area contributed by atoms with Gasteiger partial charge in [-0.05, 0) is 35.9 Å². The summed E-state index contributed by atoms with van der Waals surface area (Å²) in [6.45, 7) is -0.583. The van der Waals surface area contributed by atoms with Gasteiger partial charge in [-0.3, -0.25) is 9.78 Å². The number of alkyl halides is 3. The maximum atomic E-state index is 15.2. The fraction of sp³-hybridized carbons (Fsp3) is 0.250. The molecule has 0 radical (unpaired) electrons. The van der Waals surface area contributed by atoms with Gasteiger partial charge in [0, 0.05) is 59.5 Å². The van der Waals surface area contributed by atoms with E-state index < -0.39 is 53.9 Å². The molecule has 1 fully saturated rings. The first-order chi connectivity index (χ1) is 21.9. The van der Waals surface area contributed by atoms with Crippen molar-refractivity contribution in [3.05, 3.63) is 94.1 Å². The lowest BCUT2D eigenvalue weighted by atomic mass is 9.94. The Balaban J connectivity index is 1.42. The number of benzene rings is 3. The van der Waals surface area contributed by atoms with Crippen molar-refractivity contribution in [3.8, 4) is 17.2 Å². The molecular weight excluding hydrogens is 633 g/mol. The molecule has 1 amide bonds. The number of halogens is 6. The number of pyridine rings is 1. The number of aromatic nitrogens is 1. The molecule has 2 atom stereocenters. The van der Waals surface area contributed by atoms with Gasteiger partial charge < -0.3 is 20.3 Å². The highest BCUT2D eigenvalue weighted by Gasteiger charge is 2.42. The second-order valence-electron chi connectivity index (χ2n) is 10.5. The number of hydrogen-bond acceptors (Lipinski definition) is 7. The Morgan fingerprint density at radius 1 is 1.15 bits per heavy atom. The number of carbonyl (C=O) groups is 2. The zero-order valence-electron chi connectivity index (χ0n) is 24.1. The predicted octanol–water partition coefficient (Wildman–Crippen LogP) is 5.56. The van der Waals surface area contributed by atoms with E-state index in [0.717, 1.165) is 19.2 Å². The van der Waals surface area contributed by atoms with E-state index in [1.54, 1.807) is 42.6 Å². The molecule has 2 heterocycles. The first-order valence-electron chi connectivity index (χ1n) is 13.9. The molecule has 0 unspecified atom stereocenters. The number of nitrogens with one attached hydrogen (secondary N) is 2. The van der Waals surface area contributed by atoms with E-state index >= 15 is 8.78 Å². The predicted molar refractivity (Wildman–Crippen MR) is 160 cm³/mol. The lowest BCUT2D eigenvalue weighted by Crippen LogP contribution is -2.57. The summed E-state index contributed by atoms with van der Waals surface area (Å²) in [7, 11) is 1.09. The number of anilines is 1. The molecule has 14 heteroatoms. The summed E-state index contributed by atoms with van der Waals surface area (Å²) in [6, 6.07) is 12.0. The van der Waals surface area contributed by atoms with Crippen LogP contribution in [0, 0.1) is 23.0 Å². The summed E-state index contributed by atoms with van der Waals surface area (Å²) in [4.78, 5) is 31.6. The average Bonchev–Trinajstić information content (AvgIpc) is 3.03. The second kappa shape index (κ2) is 13.3. The minimum Gasteiger partial charge on any atom is -0.467 e. The number of piperazine rings is 1. The van der Waals surface area contributed by atoms with Crippen LogP contribution in [-0.2, 0) is 16.0 Å². The lowest BCUT2D eigenvalue weighted by molar-refractivity contribution is -0.155.